The molecule has 2 unspecified atom stereocenters. The van der Waals surface area contributed by atoms with Gasteiger partial charge < -0.3 is 4.90 Å². The molecule has 1 aliphatic rings. The first-order valence-corrected chi connectivity index (χ1v) is 8.27. The van der Waals surface area contributed by atoms with Gasteiger partial charge in [-0.15, -0.1) is 11.8 Å². The Labute approximate surface area is 119 Å². The zero-order valence-electron chi connectivity index (χ0n) is 9.21. The van der Waals surface area contributed by atoms with Crippen LogP contribution in [-0.2, 0) is 0 Å². The van der Waals surface area contributed by atoms with E-state index in [1.165, 1.54) is 11.3 Å². The van der Waals surface area contributed by atoms with Crippen LogP contribution in [0.2, 0.25) is 5.02 Å². The zero-order chi connectivity index (χ0) is 11.7. The number of anilines is 1. The van der Waals surface area contributed by atoms with Crippen molar-refractivity contribution >= 4 is 51.6 Å². The van der Waals surface area contributed by atoms with Gasteiger partial charge >= 0.3 is 0 Å². The minimum atomic E-state index is 0.348. The van der Waals surface area contributed by atoms with Crippen LogP contribution in [0.25, 0.3) is 0 Å². The van der Waals surface area contributed by atoms with Crippen LogP contribution in [0.15, 0.2) is 18.2 Å². The first-order valence-electron chi connectivity index (χ1n) is 5.08. The van der Waals surface area contributed by atoms with Crippen molar-refractivity contribution in [2.45, 2.75) is 18.5 Å². The summed E-state index contributed by atoms with van der Waals surface area (Å²) in [5.74, 6) is 0. The average molecular weight is 369 g/mol. The van der Waals surface area contributed by atoms with E-state index in [0.29, 0.717) is 11.5 Å². The number of hydrogen-bond donors (Lipinski definition) is 1. The van der Waals surface area contributed by atoms with Gasteiger partial charge in [0.2, 0.25) is 0 Å². The van der Waals surface area contributed by atoms with E-state index >= 15 is 0 Å². The standard InChI is InChI=1S/C11H14ClIN2S/c1-7-9-5-8(12)3-4-10(9)15(6-13)11(14-7)16-2/h3-5,7,11,14H,6H2,1-2H3. The molecule has 1 aliphatic heterocycles. The monoisotopic (exact) mass is 368 g/mol. The Bertz CT molecular complexity index is 388. The lowest BCUT2D eigenvalue weighted by molar-refractivity contribution is 0.516. The summed E-state index contributed by atoms with van der Waals surface area (Å²) in [7, 11) is 0. The average Bonchev–Trinajstić information content (AvgIpc) is 2.29. The number of thioether (sulfide) groups is 1. The summed E-state index contributed by atoms with van der Waals surface area (Å²) in [6.45, 7) is 2.18. The van der Waals surface area contributed by atoms with Gasteiger partial charge in [-0.2, -0.15) is 0 Å². The minimum Gasteiger partial charge on any atom is -0.338 e. The highest BCUT2D eigenvalue weighted by Crippen LogP contribution is 2.36. The molecule has 0 saturated heterocycles. The SMILES string of the molecule is CSC1NC(C)c2cc(Cl)ccc2N1CI. The van der Waals surface area contributed by atoms with Crippen LogP contribution in [0.1, 0.15) is 18.5 Å². The molecule has 5 heteroatoms. The summed E-state index contributed by atoms with van der Waals surface area (Å²) in [5.41, 5.74) is 2.93. The van der Waals surface area contributed by atoms with E-state index < -0.39 is 0 Å². The molecule has 0 radical (unpaired) electrons. The van der Waals surface area contributed by atoms with E-state index in [1.54, 1.807) is 0 Å². The number of alkyl halides is 1. The molecule has 0 bridgehead atoms. The Morgan fingerprint density at radius 2 is 2.31 bits per heavy atom. The Kier molecular flexibility index (Phi) is 4.26. The summed E-state index contributed by atoms with van der Waals surface area (Å²) in [6.07, 6.45) is 2.13. The smallest absolute Gasteiger partial charge is 0.129 e. The molecule has 1 aromatic carbocycles. The van der Waals surface area contributed by atoms with Gasteiger partial charge in [-0.3, -0.25) is 5.32 Å². The number of hydrogen-bond acceptors (Lipinski definition) is 3. The fourth-order valence-electron chi connectivity index (χ4n) is 1.98. The lowest BCUT2D eigenvalue weighted by Crippen LogP contribution is -2.48. The highest BCUT2D eigenvalue weighted by atomic mass is 127. The van der Waals surface area contributed by atoms with Crippen LogP contribution < -0.4 is 10.2 Å². The molecule has 0 aromatic heterocycles. The minimum absolute atomic E-state index is 0.348. The fourth-order valence-corrected chi connectivity index (χ4v) is 3.97. The van der Waals surface area contributed by atoms with Crippen molar-refractivity contribution in [2.75, 3.05) is 15.7 Å². The second-order valence-corrected chi connectivity index (χ2v) is 5.81. The maximum Gasteiger partial charge on any atom is 0.129 e. The highest BCUT2D eigenvalue weighted by molar-refractivity contribution is 14.1. The normalized spacial score (nSPS) is 24.4. The largest absolute Gasteiger partial charge is 0.338 e. The van der Waals surface area contributed by atoms with E-state index in [1.807, 2.05) is 17.8 Å². The summed E-state index contributed by atoms with van der Waals surface area (Å²) in [5, 5.41) is 4.38. The molecule has 1 heterocycles. The number of fused-ring (bicyclic) bond motifs is 1. The maximum atomic E-state index is 6.05. The van der Waals surface area contributed by atoms with Gasteiger partial charge in [0.15, 0.2) is 0 Å². The van der Waals surface area contributed by atoms with Crippen LogP contribution in [0.5, 0.6) is 0 Å². The molecular formula is C11H14ClIN2S. The van der Waals surface area contributed by atoms with Gasteiger partial charge in [0.25, 0.3) is 0 Å². The Morgan fingerprint density at radius 1 is 1.56 bits per heavy atom. The first kappa shape index (κ1) is 12.8. The number of nitrogens with zero attached hydrogens (tertiary/aromatic N) is 1. The number of halogens is 2. The topological polar surface area (TPSA) is 15.3 Å². The van der Waals surface area contributed by atoms with Crippen LogP contribution in [0.4, 0.5) is 5.69 Å². The van der Waals surface area contributed by atoms with Crippen molar-refractivity contribution in [1.29, 1.82) is 0 Å². The maximum absolute atomic E-state index is 6.05. The third-order valence-corrected chi connectivity index (χ3v) is 4.60. The van der Waals surface area contributed by atoms with Crippen LogP contribution in [0.3, 0.4) is 0 Å². The van der Waals surface area contributed by atoms with Crippen LogP contribution in [0, 0.1) is 0 Å². The molecule has 16 heavy (non-hydrogen) atoms. The lowest BCUT2D eigenvalue weighted by Gasteiger charge is -2.40. The first-order chi connectivity index (χ1) is 7.67. The number of nitrogens with one attached hydrogen (secondary N) is 1. The zero-order valence-corrected chi connectivity index (χ0v) is 12.9. The predicted molar refractivity (Wildman–Crippen MR) is 81.7 cm³/mol. The molecule has 0 saturated carbocycles. The highest BCUT2D eigenvalue weighted by Gasteiger charge is 2.28. The van der Waals surface area contributed by atoms with Gasteiger partial charge in [-0.1, -0.05) is 34.2 Å². The third-order valence-electron chi connectivity index (χ3n) is 2.79. The second kappa shape index (κ2) is 5.33. The lowest BCUT2D eigenvalue weighted by atomic mass is 10.0. The molecule has 88 valence electrons. The predicted octanol–water partition coefficient (Wildman–Crippen LogP) is 3.85. The summed E-state index contributed by atoms with van der Waals surface area (Å²) in [6, 6.07) is 6.50. The summed E-state index contributed by atoms with van der Waals surface area (Å²) in [4.78, 5) is 2.36. The van der Waals surface area contributed by atoms with Gasteiger partial charge in [-0.05, 0) is 36.9 Å². The molecule has 0 fully saturated rings. The Balaban J connectivity index is 2.45. The molecule has 2 atom stereocenters. The molecule has 2 nitrogen and oxygen atoms in total. The van der Waals surface area contributed by atoms with Crippen molar-refractivity contribution in [2.24, 2.45) is 0 Å². The van der Waals surface area contributed by atoms with Crippen molar-refractivity contribution < 1.29 is 0 Å². The Hall–Kier alpha value is 0.350. The Morgan fingerprint density at radius 3 is 2.94 bits per heavy atom. The van der Waals surface area contributed by atoms with Gasteiger partial charge in [-0.25, -0.2) is 0 Å². The van der Waals surface area contributed by atoms with Crippen molar-refractivity contribution in [3.05, 3.63) is 28.8 Å². The van der Waals surface area contributed by atoms with Gasteiger partial charge in [0, 0.05) is 16.8 Å². The number of rotatable bonds is 2. The van der Waals surface area contributed by atoms with Crippen molar-refractivity contribution in [3.8, 4) is 0 Å². The van der Waals surface area contributed by atoms with Gasteiger partial charge in [0.05, 0.1) is 4.55 Å². The second-order valence-electron chi connectivity index (χ2n) is 3.77. The molecule has 0 spiro atoms. The van der Waals surface area contributed by atoms with Crippen LogP contribution >= 0.6 is 46.0 Å². The van der Waals surface area contributed by atoms with Crippen LogP contribution in [-0.4, -0.2) is 16.3 Å². The molecule has 1 N–H and O–H groups in total. The van der Waals surface area contributed by atoms with E-state index in [0.717, 1.165) is 9.57 Å². The quantitative estimate of drug-likeness (QED) is 0.485. The van der Waals surface area contributed by atoms with Crippen molar-refractivity contribution in [1.82, 2.24) is 5.32 Å². The molecule has 0 amide bonds. The molecule has 1 aromatic rings. The van der Waals surface area contributed by atoms with E-state index in [9.17, 15) is 0 Å². The van der Waals surface area contributed by atoms with Gasteiger partial charge in [0.1, 0.15) is 5.50 Å². The summed E-state index contributed by atoms with van der Waals surface area (Å²) >= 11 is 10.3. The van der Waals surface area contributed by atoms with E-state index in [4.69, 9.17) is 11.6 Å². The molecule has 2 rings (SSSR count). The fraction of sp³-hybridized carbons (Fsp3) is 0.455. The van der Waals surface area contributed by atoms with E-state index in [2.05, 4.69) is 58.1 Å². The summed E-state index contributed by atoms with van der Waals surface area (Å²) < 4.78 is 0.970. The molecule has 0 aliphatic carbocycles. The third kappa shape index (κ3) is 2.30. The number of benzene rings is 1. The molecular weight excluding hydrogens is 355 g/mol. The van der Waals surface area contributed by atoms with E-state index in [-0.39, 0.29) is 0 Å². The van der Waals surface area contributed by atoms with Crippen molar-refractivity contribution in [3.63, 3.8) is 0 Å².